The van der Waals surface area contributed by atoms with Gasteiger partial charge in [0.2, 0.25) is 0 Å². The molecule has 0 fully saturated rings. The topological polar surface area (TPSA) is 97.6 Å². The second-order valence-corrected chi connectivity index (χ2v) is 11.9. The van der Waals surface area contributed by atoms with Crippen LogP contribution in [0.5, 0.6) is 23.0 Å². The Kier molecular flexibility index (Phi) is 10.1. The predicted octanol–water partition coefficient (Wildman–Crippen LogP) is 5.47. The van der Waals surface area contributed by atoms with Gasteiger partial charge in [-0.25, -0.2) is 9.79 Å². The van der Waals surface area contributed by atoms with Crippen LogP contribution < -0.4 is 33.8 Å². The molecule has 0 N–H and O–H groups in total. The normalized spacial score (nSPS) is 14.2. The summed E-state index contributed by atoms with van der Waals surface area (Å²) in [5.74, 6) is 1.57. The summed E-state index contributed by atoms with van der Waals surface area (Å²) in [5, 5.41) is 0. The molecular weight excluding hydrogens is 660 g/mol. The molecule has 3 aromatic carbocycles. The number of halogens is 1. The summed E-state index contributed by atoms with van der Waals surface area (Å²) in [5.41, 5.74) is 3.49. The number of nitrogens with zero attached hydrogens (tertiary/aromatic N) is 2. The van der Waals surface area contributed by atoms with E-state index < -0.39 is 12.0 Å². The van der Waals surface area contributed by atoms with Crippen molar-refractivity contribution in [2.45, 2.75) is 33.4 Å². The van der Waals surface area contributed by atoms with Gasteiger partial charge in [-0.2, -0.15) is 0 Å². The lowest BCUT2D eigenvalue weighted by Gasteiger charge is -2.23. The van der Waals surface area contributed by atoms with E-state index in [1.807, 2.05) is 63.2 Å². The zero-order valence-corrected chi connectivity index (χ0v) is 28.0. The van der Waals surface area contributed by atoms with Crippen LogP contribution in [0.4, 0.5) is 0 Å². The second-order valence-electron chi connectivity index (χ2n) is 10.1. The number of esters is 1. The highest BCUT2D eigenvalue weighted by molar-refractivity contribution is 9.10. The van der Waals surface area contributed by atoms with Crippen molar-refractivity contribution >= 4 is 39.3 Å². The van der Waals surface area contributed by atoms with Gasteiger partial charge in [0.25, 0.3) is 5.56 Å². The quantitative estimate of drug-likeness (QED) is 0.192. The number of carbonyl (C=O) groups is 1. The Morgan fingerprint density at radius 2 is 1.71 bits per heavy atom. The van der Waals surface area contributed by atoms with Crippen molar-refractivity contribution in [3.63, 3.8) is 0 Å². The molecule has 11 heteroatoms. The van der Waals surface area contributed by atoms with Crippen LogP contribution in [-0.4, -0.2) is 38.0 Å². The molecule has 1 aliphatic heterocycles. The van der Waals surface area contributed by atoms with E-state index in [9.17, 15) is 9.59 Å². The van der Waals surface area contributed by atoms with Gasteiger partial charge in [0.15, 0.2) is 27.8 Å². The van der Waals surface area contributed by atoms with Crippen LogP contribution >= 0.6 is 27.3 Å². The van der Waals surface area contributed by atoms with Gasteiger partial charge in [0, 0.05) is 6.20 Å². The Bertz CT molecular complexity index is 1930. The number of hydrogen-bond donors (Lipinski definition) is 0. The number of carbonyl (C=O) groups excluding carboxylic acids is 1. The van der Waals surface area contributed by atoms with Gasteiger partial charge >= 0.3 is 5.97 Å². The monoisotopic (exact) mass is 692 g/mol. The predicted molar refractivity (Wildman–Crippen MR) is 176 cm³/mol. The van der Waals surface area contributed by atoms with Crippen molar-refractivity contribution in [3.05, 3.63) is 113 Å². The lowest BCUT2D eigenvalue weighted by atomic mass is 9.97. The number of aryl methyl sites for hydroxylation is 1. The standard InChI is InChI=1S/C34H33BrN2O7S/c1-6-42-26-13-12-23(17-27(26)43-7-2)30-24(33(39)41-5)18-36-34-37(30)32(38)29(45-34)16-22-14-25(35)31(28(15-22)40-4)44-19-21-10-8-20(3)9-11-21/h8-18,30H,6-7,19H2,1-5H3/b29-16-/t30-/m0/s1. The summed E-state index contributed by atoms with van der Waals surface area (Å²) < 4.78 is 31.0. The summed E-state index contributed by atoms with van der Waals surface area (Å²) in [6, 6.07) is 16.4. The highest BCUT2D eigenvalue weighted by atomic mass is 79.9. The molecule has 4 aromatic rings. The molecule has 2 heterocycles. The zero-order chi connectivity index (χ0) is 32.1. The second kappa shape index (κ2) is 14.2. The fourth-order valence-corrected chi connectivity index (χ4v) is 6.49. The largest absolute Gasteiger partial charge is 0.493 e. The molecule has 0 amide bonds. The number of hydrogen-bond acceptors (Lipinski definition) is 9. The van der Waals surface area contributed by atoms with Gasteiger partial charge in [-0.3, -0.25) is 9.36 Å². The number of ether oxygens (including phenoxy) is 5. The molecular formula is C34H33BrN2O7S. The first-order valence-electron chi connectivity index (χ1n) is 14.3. The minimum absolute atomic E-state index is 0.225. The van der Waals surface area contributed by atoms with E-state index in [1.54, 1.807) is 25.3 Å². The maximum absolute atomic E-state index is 14.0. The Hall–Kier alpha value is -4.35. The number of aromatic nitrogens is 1. The number of benzene rings is 3. The van der Waals surface area contributed by atoms with E-state index in [1.165, 1.54) is 34.8 Å². The molecule has 9 nitrogen and oxygen atoms in total. The van der Waals surface area contributed by atoms with Crippen LogP contribution in [0.3, 0.4) is 0 Å². The molecule has 45 heavy (non-hydrogen) atoms. The van der Waals surface area contributed by atoms with Crippen LogP contribution in [0.25, 0.3) is 6.08 Å². The molecule has 0 aliphatic carbocycles. The highest BCUT2D eigenvalue weighted by Crippen LogP contribution is 2.38. The molecule has 0 bridgehead atoms. The molecule has 1 atom stereocenters. The van der Waals surface area contributed by atoms with E-state index in [4.69, 9.17) is 23.7 Å². The average Bonchev–Trinajstić information content (AvgIpc) is 3.35. The van der Waals surface area contributed by atoms with Gasteiger partial charge < -0.3 is 23.7 Å². The van der Waals surface area contributed by atoms with Crippen LogP contribution in [0.1, 0.15) is 42.1 Å². The number of rotatable bonds is 11. The Morgan fingerprint density at radius 1 is 0.978 bits per heavy atom. The maximum atomic E-state index is 14.0. The van der Waals surface area contributed by atoms with Crippen molar-refractivity contribution in [1.29, 1.82) is 0 Å². The van der Waals surface area contributed by atoms with Crippen molar-refractivity contribution in [3.8, 4) is 23.0 Å². The molecule has 0 unspecified atom stereocenters. The first kappa shape index (κ1) is 32.1. The molecule has 0 radical (unpaired) electrons. The SMILES string of the molecule is CCOc1ccc([C@H]2C(C(=O)OC)=CN=c3s/c(=C\c4cc(Br)c(OCc5ccc(C)cc5)c(OC)c4)c(=O)n32)cc1OCC. The van der Waals surface area contributed by atoms with Crippen LogP contribution in [0.15, 0.2) is 80.6 Å². The van der Waals surface area contributed by atoms with Crippen LogP contribution in [-0.2, 0) is 16.1 Å². The minimum Gasteiger partial charge on any atom is -0.493 e. The number of thiazole rings is 1. The third kappa shape index (κ3) is 6.84. The summed E-state index contributed by atoms with van der Waals surface area (Å²) >= 11 is 4.84. The fourth-order valence-electron chi connectivity index (χ4n) is 4.94. The van der Waals surface area contributed by atoms with Gasteiger partial charge in [-0.1, -0.05) is 47.2 Å². The summed E-state index contributed by atoms with van der Waals surface area (Å²) in [6.45, 7) is 7.05. The molecule has 0 saturated carbocycles. The summed E-state index contributed by atoms with van der Waals surface area (Å²) in [6.07, 6.45) is 3.23. The van der Waals surface area contributed by atoms with Crippen molar-refractivity contribution in [2.75, 3.05) is 27.4 Å². The minimum atomic E-state index is -0.787. The van der Waals surface area contributed by atoms with E-state index in [0.717, 1.165) is 11.1 Å². The molecule has 234 valence electrons. The van der Waals surface area contributed by atoms with E-state index >= 15 is 0 Å². The van der Waals surface area contributed by atoms with Crippen LogP contribution in [0.2, 0.25) is 0 Å². The van der Waals surface area contributed by atoms with Gasteiger partial charge in [0.05, 0.1) is 48.1 Å². The third-order valence-corrected chi connectivity index (χ3v) is 8.65. The van der Waals surface area contributed by atoms with E-state index in [-0.39, 0.29) is 11.1 Å². The third-order valence-electron chi connectivity index (χ3n) is 7.06. The van der Waals surface area contributed by atoms with Crippen LogP contribution in [0, 0.1) is 6.92 Å². The average molecular weight is 694 g/mol. The van der Waals surface area contributed by atoms with E-state index in [2.05, 4.69) is 20.9 Å². The Morgan fingerprint density at radius 3 is 2.40 bits per heavy atom. The van der Waals surface area contributed by atoms with Gasteiger partial charge in [-0.05, 0) is 83.7 Å². The fraction of sp³-hybridized carbons (Fsp3) is 0.265. The zero-order valence-electron chi connectivity index (χ0n) is 25.6. The van der Waals surface area contributed by atoms with Gasteiger partial charge in [0.1, 0.15) is 6.61 Å². The maximum Gasteiger partial charge on any atom is 0.337 e. The first-order valence-corrected chi connectivity index (χ1v) is 15.9. The Balaban J connectivity index is 1.56. The number of methoxy groups -OCH3 is 2. The van der Waals surface area contributed by atoms with Gasteiger partial charge in [-0.15, -0.1) is 0 Å². The van der Waals surface area contributed by atoms with Crippen molar-refractivity contribution in [1.82, 2.24) is 4.57 Å². The molecule has 1 aliphatic rings. The van der Waals surface area contributed by atoms with Crippen molar-refractivity contribution < 1.29 is 28.5 Å². The molecule has 5 rings (SSSR count). The lowest BCUT2D eigenvalue weighted by Crippen LogP contribution is -2.39. The molecule has 1 aromatic heterocycles. The van der Waals surface area contributed by atoms with E-state index in [0.29, 0.717) is 62.2 Å². The summed E-state index contributed by atoms with van der Waals surface area (Å²) in [7, 11) is 2.87. The first-order chi connectivity index (χ1) is 21.8. The lowest BCUT2D eigenvalue weighted by molar-refractivity contribution is -0.136. The molecule has 0 spiro atoms. The summed E-state index contributed by atoms with van der Waals surface area (Å²) in [4.78, 5) is 31.8. The van der Waals surface area contributed by atoms with Crippen molar-refractivity contribution in [2.24, 2.45) is 4.99 Å². The Labute approximate surface area is 273 Å². The smallest absolute Gasteiger partial charge is 0.337 e. The highest BCUT2D eigenvalue weighted by Gasteiger charge is 2.31. The molecule has 0 saturated heterocycles. The number of fused-ring (bicyclic) bond motifs is 1.